The molecular weight excluding hydrogens is 743 g/mol. The molecule has 0 saturated heterocycles. The Morgan fingerprint density at radius 3 is 1.00 bits per heavy atom. The molecule has 3 N–H and O–H groups in total. The lowest BCUT2D eigenvalue weighted by molar-refractivity contribution is -0.153. The number of esters is 2. The van der Waals surface area contributed by atoms with Gasteiger partial charge < -0.3 is 24.6 Å². The summed E-state index contributed by atoms with van der Waals surface area (Å²) in [5.74, 6) is -1.01. The average molecular weight is 833 g/mol. The molecule has 0 aliphatic carbocycles. The first kappa shape index (κ1) is 55.7. The third kappa shape index (κ3) is 41.2. The fourth-order valence-electron chi connectivity index (χ4n) is 6.82. The second kappa shape index (κ2) is 42.8. The number of unbranched alkanes of at least 4 members (excludes halogenated alkanes) is 29. The average Bonchev–Trinajstić information content (AvgIpc) is 3.20. The molecule has 11 heteroatoms. The van der Waals surface area contributed by atoms with Crippen molar-refractivity contribution in [2.45, 2.75) is 244 Å². The van der Waals surface area contributed by atoms with Crippen molar-refractivity contribution in [3.63, 3.8) is 0 Å². The smallest absolute Gasteiger partial charge is 0.457 e. The molecule has 10 nitrogen and oxygen atoms in total. The number of allylic oxidation sites excluding steroid dienone is 2. The van der Waals surface area contributed by atoms with Crippen LogP contribution in [0.5, 0.6) is 0 Å². The van der Waals surface area contributed by atoms with E-state index in [0.717, 1.165) is 38.5 Å². The Hall–Kier alpha value is -1.29. The number of phosphoric ester groups is 1. The van der Waals surface area contributed by atoms with Gasteiger partial charge in [-0.15, -0.1) is 0 Å². The summed E-state index contributed by atoms with van der Waals surface area (Å²) in [6.45, 7) is 2.24. The quantitative estimate of drug-likeness (QED) is 0.0234. The highest BCUT2D eigenvalue weighted by atomic mass is 31.2. The maximum absolute atomic E-state index is 12.4. The first-order valence-corrected chi connectivity index (χ1v) is 25.1. The third-order valence-electron chi connectivity index (χ3n) is 10.5. The molecule has 0 aliphatic rings. The van der Waals surface area contributed by atoms with Gasteiger partial charge in [0.1, 0.15) is 12.2 Å². The van der Waals surface area contributed by atoms with Crippen LogP contribution in [0, 0.1) is 0 Å². The van der Waals surface area contributed by atoms with Crippen LogP contribution in [0.1, 0.15) is 232 Å². The van der Waals surface area contributed by atoms with Crippen molar-refractivity contribution in [3.05, 3.63) is 12.2 Å². The van der Waals surface area contributed by atoms with E-state index in [1.165, 1.54) is 154 Å². The zero-order valence-electron chi connectivity index (χ0n) is 36.8. The van der Waals surface area contributed by atoms with Crippen molar-refractivity contribution in [2.24, 2.45) is 0 Å². The summed E-state index contributed by atoms with van der Waals surface area (Å²) in [7, 11) is -4.63. The Labute approximate surface area is 349 Å². The first-order chi connectivity index (χ1) is 27.8. The zero-order valence-corrected chi connectivity index (χ0v) is 37.7. The molecule has 0 amide bonds. The summed E-state index contributed by atoms with van der Waals surface area (Å²) in [5, 5.41) is 19.2. The largest absolute Gasteiger partial charge is 0.472 e. The topological polar surface area (TPSA) is 149 Å². The molecule has 0 heterocycles. The van der Waals surface area contributed by atoms with Gasteiger partial charge in [-0.25, -0.2) is 4.57 Å². The molecule has 0 rings (SSSR count). The number of hydrogen-bond donors (Lipinski definition) is 3. The molecule has 0 aromatic heterocycles. The molecule has 0 radical (unpaired) electrons. The van der Waals surface area contributed by atoms with Crippen molar-refractivity contribution >= 4 is 19.8 Å². The number of aliphatic hydroxyl groups excluding tert-OH is 2. The van der Waals surface area contributed by atoms with Crippen molar-refractivity contribution in [1.29, 1.82) is 0 Å². The van der Waals surface area contributed by atoms with Gasteiger partial charge >= 0.3 is 19.8 Å². The van der Waals surface area contributed by atoms with E-state index >= 15 is 0 Å². The summed E-state index contributed by atoms with van der Waals surface area (Å²) in [5.41, 5.74) is 0. The van der Waals surface area contributed by atoms with Crippen LogP contribution in [0.3, 0.4) is 0 Å². The van der Waals surface area contributed by atoms with Crippen LogP contribution in [-0.2, 0) is 32.7 Å². The Balaban J connectivity index is 3.84. The standard InChI is InChI=1S/C46H89O10P/c1-3-5-7-9-11-13-15-17-18-19-20-21-22-23-24-26-28-30-32-34-36-38-46(50)56-44(40-48)42-54-57(51,52)53-41-43(39-47)55-45(49)37-35-33-31-29-27-25-16-14-12-10-8-6-4-2/h19-20,43-44,47-48H,3-18,21-42H2,1-2H3,(H,51,52)/b20-19-. The number of ether oxygens (including phenoxy) is 2. The van der Waals surface area contributed by atoms with Gasteiger partial charge in [-0.3, -0.25) is 18.6 Å². The van der Waals surface area contributed by atoms with Crippen LogP contribution in [0.15, 0.2) is 12.2 Å². The number of rotatable bonds is 45. The lowest BCUT2D eigenvalue weighted by Gasteiger charge is -2.20. The fourth-order valence-corrected chi connectivity index (χ4v) is 7.60. The minimum Gasteiger partial charge on any atom is -0.457 e. The van der Waals surface area contributed by atoms with E-state index in [0.29, 0.717) is 12.8 Å². The van der Waals surface area contributed by atoms with Crippen LogP contribution >= 0.6 is 7.82 Å². The molecule has 0 saturated carbocycles. The first-order valence-electron chi connectivity index (χ1n) is 23.6. The van der Waals surface area contributed by atoms with Crippen molar-refractivity contribution in [2.75, 3.05) is 26.4 Å². The van der Waals surface area contributed by atoms with Gasteiger partial charge in [0.25, 0.3) is 0 Å². The Bertz CT molecular complexity index is 961. The van der Waals surface area contributed by atoms with Crippen molar-refractivity contribution < 1.29 is 47.8 Å². The second-order valence-electron chi connectivity index (χ2n) is 16.1. The summed E-state index contributed by atoms with van der Waals surface area (Å²) in [6.07, 6.45) is 41.9. The number of aliphatic hydroxyl groups is 2. The molecule has 3 unspecified atom stereocenters. The minimum atomic E-state index is -4.63. The van der Waals surface area contributed by atoms with Gasteiger partial charge in [0.2, 0.25) is 0 Å². The molecule has 0 spiro atoms. The van der Waals surface area contributed by atoms with E-state index in [-0.39, 0.29) is 12.8 Å². The predicted octanol–water partition coefficient (Wildman–Crippen LogP) is 12.8. The van der Waals surface area contributed by atoms with E-state index in [1.807, 2.05) is 0 Å². The molecular formula is C46H89O10P. The summed E-state index contributed by atoms with van der Waals surface area (Å²) >= 11 is 0. The van der Waals surface area contributed by atoms with E-state index in [2.05, 4.69) is 26.0 Å². The highest BCUT2D eigenvalue weighted by Gasteiger charge is 2.27. The normalized spacial score (nSPS) is 13.8. The third-order valence-corrected chi connectivity index (χ3v) is 11.4. The van der Waals surface area contributed by atoms with E-state index < -0.39 is 58.4 Å². The van der Waals surface area contributed by atoms with Crippen LogP contribution in [-0.4, -0.2) is 65.7 Å². The van der Waals surface area contributed by atoms with Crippen LogP contribution in [0.25, 0.3) is 0 Å². The highest BCUT2D eigenvalue weighted by molar-refractivity contribution is 7.47. The van der Waals surface area contributed by atoms with E-state index in [4.69, 9.17) is 18.5 Å². The number of phosphoric acid groups is 1. The van der Waals surface area contributed by atoms with Crippen LogP contribution < -0.4 is 0 Å². The van der Waals surface area contributed by atoms with Gasteiger partial charge in [-0.2, -0.15) is 0 Å². The summed E-state index contributed by atoms with van der Waals surface area (Å²) < 4.78 is 32.6. The minimum absolute atomic E-state index is 0.194. The highest BCUT2D eigenvalue weighted by Crippen LogP contribution is 2.43. The lowest BCUT2D eigenvalue weighted by atomic mass is 10.0. The Morgan fingerprint density at radius 1 is 0.456 bits per heavy atom. The Kier molecular flexibility index (Phi) is 41.9. The lowest BCUT2D eigenvalue weighted by Crippen LogP contribution is -2.28. The maximum Gasteiger partial charge on any atom is 0.472 e. The molecule has 3 atom stereocenters. The summed E-state index contributed by atoms with van der Waals surface area (Å²) in [4.78, 5) is 34.6. The molecule has 0 aliphatic heterocycles. The van der Waals surface area contributed by atoms with Crippen LogP contribution in [0.2, 0.25) is 0 Å². The molecule has 57 heavy (non-hydrogen) atoms. The monoisotopic (exact) mass is 833 g/mol. The molecule has 0 aromatic carbocycles. The molecule has 0 aromatic rings. The fraction of sp³-hybridized carbons (Fsp3) is 0.913. The summed E-state index contributed by atoms with van der Waals surface area (Å²) in [6, 6.07) is 0. The number of carbonyl (C=O) groups is 2. The predicted molar refractivity (Wildman–Crippen MR) is 233 cm³/mol. The van der Waals surface area contributed by atoms with Gasteiger partial charge in [0, 0.05) is 12.8 Å². The molecule has 338 valence electrons. The van der Waals surface area contributed by atoms with Crippen molar-refractivity contribution in [1.82, 2.24) is 0 Å². The SMILES string of the molecule is CCCCCCCCCC/C=C\CCCCCCCCCCCC(=O)OC(CO)COP(=O)(O)OCC(CO)OC(=O)CCCCCCCCCCCCCCC. The van der Waals surface area contributed by atoms with Gasteiger partial charge in [-0.1, -0.05) is 193 Å². The zero-order chi connectivity index (χ0) is 41.9. The van der Waals surface area contributed by atoms with E-state index in [9.17, 15) is 29.3 Å². The number of hydrogen-bond acceptors (Lipinski definition) is 9. The van der Waals surface area contributed by atoms with Crippen molar-refractivity contribution in [3.8, 4) is 0 Å². The number of carbonyl (C=O) groups excluding carboxylic acids is 2. The van der Waals surface area contributed by atoms with E-state index in [1.54, 1.807) is 0 Å². The van der Waals surface area contributed by atoms with Gasteiger partial charge in [0.15, 0.2) is 0 Å². The van der Waals surface area contributed by atoms with Crippen LogP contribution in [0.4, 0.5) is 0 Å². The molecule has 0 fully saturated rings. The van der Waals surface area contributed by atoms with Gasteiger partial charge in [-0.05, 0) is 38.5 Å². The second-order valence-corrected chi connectivity index (χ2v) is 17.6. The Morgan fingerprint density at radius 2 is 0.719 bits per heavy atom. The van der Waals surface area contributed by atoms with Gasteiger partial charge in [0.05, 0.1) is 26.4 Å². The molecule has 0 bridgehead atoms. The maximum atomic E-state index is 12.4.